The summed E-state index contributed by atoms with van der Waals surface area (Å²) < 4.78 is 0. The lowest BCUT2D eigenvalue weighted by Gasteiger charge is -2.41. The van der Waals surface area contributed by atoms with E-state index in [4.69, 9.17) is 5.73 Å². The molecular formula is C18H30N2. The zero-order chi connectivity index (χ0) is 14.6. The zero-order valence-electron chi connectivity index (χ0n) is 13.4. The van der Waals surface area contributed by atoms with E-state index in [2.05, 4.69) is 49.9 Å². The Balaban J connectivity index is 1.91. The Bertz CT molecular complexity index is 413. The predicted octanol–water partition coefficient (Wildman–Crippen LogP) is 3.90. The molecule has 2 heteroatoms. The summed E-state index contributed by atoms with van der Waals surface area (Å²) in [6.45, 7) is 10.3. The number of hydrogen-bond acceptors (Lipinski definition) is 2. The summed E-state index contributed by atoms with van der Waals surface area (Å²) in [5.74, 6) is 0. The fourth-order valence-electron chi connectivity index (χ4n) is 3.55. The minimum Gasteiger partial charge on any atom is -0.323 e. The molecule has 1 atom stereocenters. The lowest BCUT2D eigenvalue weighted by Crippen LogP contribution is -2.42. The van der Waals surface area contributed by atoms with Gasteiger partial charge in [0.15, 0.2) is 0 Å². The van der Waals surface area contributed by atoms with Gasteiger partial charge in [0.25, 0.3) is 0 Å². The highest BCUT2D eigenvalue weighted by molar-refractivity contribution is 5.28. The molecule has 2 nitrogen and oxygen atoms in total. The van der Waals surface area contributed by atoms with Crippen LogP contribution >= 0.6 is 0 Å². The molecule has 0 aromatic heterocycles. The molecule has 1 fully saturated rings. The second-order valence-corrected chi connectivity index (χ2v) is 6.47. The van der Waals surface area contributed by atoms with Gasteiger partial charge in [0.2, 0.25) is 0 Å². The van der Waals surface area contributed by atoms with E-state index in [-0.39, 0.29) is 6.04 Å². The Morgan fingerprint density at radius 1 is 1.15 bits per heavy atom. The first-order valence-corrected chi connectivity index (χ1v) is 8.13. The van der Waals surface area contributed by atoms with Gasteiger partial charge in [-0.3, -0.25) is 0 Å². The summed E-state index contributed by atoms with van der Waals surface area (Å²) in [6, 6.07) is 8.66. The highest BCUT2D eigenvalue weighted by Crippen LogP contribution is 2.38. The Morgan fingerprint density at radius 3 is 2.30 bits per heavy atom. The van der Waals surface area contributed by atoms with Crippen molar-refractivity contribution in [2.24, 2.45) is 11.1 Å². The standard InChI is InChI=1S/C18H30N2/c1-4-18(5-2)10-12-20(13-11-18)14-17(19)16-9-7-6-8-15(16)3/h6-9,17H,4-5,10-14,19H2,1-3H3. The summed E-state index contributed by atoms with van der Waals surface area (Å²) in [5, 5.41) is 0. The van der Waals surface area contributed by atoms with E-state index in [0.717, 1.165) is 6.54 Å². The molecule has 1 unspecified atom stereocenters. The topological polar surface area (TPSA) is 29.3 Å². The molecule has 0 saturated carbocycles. The SMILES string of the molecule is CCC1(CC)CCN(CC(N)c2ccccc2C)CC1. The minimum atomic E-state index is 0.145. The predicted molar refractivity (Wildman–Crippen MR) is 86.8 cm³/mol. The van der Waals surface area contributed by atoms with Crippen molar-refractivity contribution in [3.05, 3.63) is 35.4 Å². The van der Waals surface area contributed by atoms with E-state index in [1.165, 1.54) is 49.9 Å². The maximum Gasteiger partial charge on any atom is 0.0426 e. The van der Waals surface area contributed by atoms with Gasteiger partial charge in [0.05, 0.1) is 0 Å². The molecule has 0 bridgehead atoms. The summed E-state index contributed by atoms with van der Waals surface area (Å²) in [7, 11) is 0. The monoisotopic (exact) mass is 274 g/mol. The summed E-state index contributed by atoms with van der Waals surface area (Å²) >= 11 is 0. The van der Waals surface area contributed by atoms with E-state index in [1.54, 1.807) is 0 Å². The van der Waals surface area contributed by atoms with Crippen LogP contribution in [0, 0.1) is 12.3 Å². The van der Waals surface area contributed by atoms with Crippen molar-refractivity contribution in [1.29, 1.82) is 0 Å². The zero-order valence-corrected chi connectivity index (χ0v) is 13.4. The van der Waals surface area contributed by atoms with Crippen LogP contribution in [0.1, 0.15) is 56.7 Å². The van der Waals surface area contributed by atoms with Gasteiger partial charge in [0, 0.05) is 12.6 Å². The number of nitrogens with zero attached hydrogens (tertiary/aromatic N) is 1. The number of nitrogens with two attached hydrogens (primary N) is 1. The van der Waals surface area contributed by atoms with Crippen molar-refractivity contribution in [1.82, 2.24) is 4.90 Å². The Labute approximate surface area is 124 Å². The van der Waals surface area contributed by atoms with E-state index in [1.807, 2.05) is 0 Å². The van der Waals surface area contributed by atoms with Crippen LogP contribution in [0.3, 0.4) is 0 Å². The average Bonchev–Trinajstić information content (AvgIpc) is 2.49. The molecule has 1 aromatic rings. The van der Waals surface area contributed by atoms with Gasteiger partial charge in [-0.2, -0.15) is 0 Å². The van der Waals surface area contributed by atoms with Crippen LogP contribution in [-0.4, -0.2) is 24.5 Å². The molecule has 1 heterocycles. The van der Waals surface area contributed by atoms with Crippen molar-refractivity contribution in [2.45, 2.75) is 52.5 Å². The highest BCUT2D eigenvalue weighted by atomic mass is 15.1. The number of rotatable bonds is 5. The number of hydrogen-bond donors (Lipinski definition) is 1. The van der Waals surface area contributed by atoms with Gasteiger partial charge in [-0.05, 0) is 49.4 Å². The average molecular weight is 274 g/mol. The van der Waals surface area contributed by atoms with Crippen LogP contribution in [0.15, 0.2) is 24.3 Å². The van der Waals surface area contributed by atoms with Gasteiger partial charge in [0.1, 0.15) is 0 Å². The smallest absolute Gasteiger partial charge is 0.0426 e. The fourth-order valence-corrected chi connectivity index (χ4v) is 3.55. The first-order valence-electron chi connectivity index (χ1n) is 8.13. The van der Waals surface area contributed by atoms with E-state index in [9.17, 15) is 0 Å². The van der Waals surface area contributed by atoms with Gasteiger partial charge < -0.3 is 10.6 Å². The molecule has 1 aromatic carbocycles. The van der Waals surface area contributed by atoms with Crippen LogP contribution in [-0.2, 0) is 0 Å². The highest BCUT2D eigenvalue weighted by Gasteiger charge is 2.31. The second kappa shape index (κ2) is 6.73. The molecule has 1 aliphatic rings. The fraction of sp³-hybridized carbons (Fsp3) is 0.667. The van der Waals surface area contributed by atoms with Crippen LogP contribution in [0.4, 0.5) is 0 Å². The molecule has 0 aliphatic carbocycles. The summed E-state index contributed by atoms with van der Waals surface area (Å²) in [5.41, 5.74) is 9.63. The maximum atomic E-state index is 6.42. The lowest BCUT2D eigenvalue weighted by atomic mass is 9.74. The number of benzene rings is 1. The van der Waals surface area contributed by atoms with Gasteiger partial charge in [-0.15, -0.1) is 0 Å². The van der Waals surface area contributed by atoms with Crippen molar-refractivity contribution >= 4 is 0 Å². The third kappa shape index (κ3) is 3.42. The van der Waals surface area contributed by atoms with Crippen LogP contribution in [0.5, 0.6) is 0 Å². The molecule has 2 rings (SSSR count). The third-order valence-electron chi connectivity index (χ3n) is 5.46. The Morgan fingerprint density at radius 2 is 1.75 bits per heavy atom. The molecular weight excluding hydrogens is 244 g/mol. The molecule has 0 amide bonds. The van der Waals surface area contributed by atoms with Crippen LogP contribution in [0.25, 0.3) is 0 Å². The number of piperidine rings is 1. The quantitative estimate of drug-likeness (QED) is 0.882. The van der Waals surface area contributed by atoms with Crippen LogP contribution in [0.2, 0.25) is 0 Å². The normalized spacial score (nSPS) is 20.8. The molecule has 0 radical (unpaired) electrons. The minimum absolute atomic E-state index is 0.145. The van der Waals surface area contributed by atoms with E-state index >= 15 is 0 Å². The second-order valence-electron chi connectivity index (χ2n) is 6.47. The van der Waals surface area contributed by atoms with Gasteiger partial charge in [-0.25, -0.2) is 0 Å². The van der Waals surface area contributed by atoms with E-state index in [0.29, 0.717) is 5.41 Å². The van der Waals surface area contributed by atoms with Crippen molar-refractivity contribution in [3.8, 4) is 0 Å². The van der Waals surface area contributed by atoms with Crippen molar-refractivity contribution in [3.63, 3.8) is 0 Å². The van der Waals surface area contributed by atoms with Gasteiger partial charge in [-0.1, -0.05) is 51.0 Å². The molecule has 1 saturated heterocycles. The molecule has 2 N–H and O–H groups in total. The summed E-state index contributed by atoms with van der Waals surface area (Å²) in [4.78, 5) is 2.56. The van der Waals surface area contributed by atoms with Crippen molar-refractivity contribution < 1.29 is 0 Å². The number of aryl methyl sites for hydroxylation is 1. The molecule has 0 spiro atoms. The Kier molecular flexibility index (Phi) is 5.22. The first kappa shape index (κ1) is 15.5. The lowest BCUT2D eigenvalue weighted by molar-refractivity contribution is 0.0914. The first-order chi connectivity index (χ1) is 9.60. The molecule has 20 heavy (non-hydrogen) atoms. The van der Waals surface area contributed by atoms with E-state index < -0.39 is 0 Å². The third-order valence-corrected chi connectivity index (χ3v) is 5.46. The number of likely N-dealkylation sites (tertiary alicyclic amines) is 1. The largest absolute Gasteiger partial charge is 0.323 e. The molecule has 1 aliphatic heterocycles. The van der Waals surface area contributed by atoms with Gasteiger partial charge >= 0.3 is 0 Å². The summed E-state index contributed by atoms with van der Waals surface area (Å²) in [6.07, 6.45) is 5.31. The van der Waals surface area contributed by atoms with Crippen molar-refractivity contribution in [2.75, 3.05) is 19.6 Å². The molecule has 112 valence electrons. The Hall–Kier alpha value is -0.860. The van der Waals surface area contributed by atoms with Crippen LogP contribution < -0.4 is 5.73 Å². The maximum absolute atomic E-state index is 6.42.